The number of fused-ring (bicyclic) bond motifs is 1. The Hall–Kier alpha value is -0.770. The molecule has 3 nitrogen and oxygen atoms in total. The first-order chi connectivity index (χ1) is 8.04. The minimum absolute atomic E-state index is 0.00839. The van der Waals surface area contributed by atoms with Gasteiger partial charge in [-0.25, -0.2) is 0 Å². The quantitative estimate of drug-likeness (QED) is 0.855. The van der Waals surface area contributed by atoms with Crippen LogP contribution in [0.3, 0.4) is 0 Å². The van der Waals surface area contributed by atoms with Crippen LogP contribution in [0.2, 0.25) is 10.0 Å². The summed E-state index contributed by atoms with van der Waals surface area (Å²) in [5.74, 6) is 0.211. The van der Waals surface area contributed by atoms with Crippen LogP contribution in [-0.2, 0) is 4.79 Å². The van der Waals surface area contributed by atoms with Crippen LogP contribution in [0.5, 0.6) is 0 Å². The number of carbonyl (C=O) groups excluding carboxylic acids is 1. The summed E-state index contributed by atoms with van der Waals surface area (Å²) < 4.78 is 0. The maximum Gasteiger partial charge on any atom is 0.223 e. The van der Waals surface area contributed by atoms with Crippen molar-refractivity contribution in [3.8, 4) is 0 Å². The molecule has 0 fully saturated rings. The van der Waals surface area contributed by atoms with Crippen LogP contribution < -0.4 is 10.6 Å². The van der Waals surface area contributed by atoms with Crippen LogP contribution in [0.1, 0.15) is 24.8 Å². The average molecular weight is 273 g/mol. The van der Waals surface area contributed by atoms with Crippen molar-refractivity contribution in [1.29, 1.82) is 0 Å². The first-order valence-corrected chi connectivity index (χ1v) is 6.27. The normalized spacial score (nSPS) is 19.1. The Labute approximate surface area is 110 Å². The van der Waals surface area contributed by atoms with Gasteiger partial charge < -0.3 is 10.6 Å². The molecule has 2 rings (SSSR count). The highest BCUT2D eigenvalue weighted by Crippen LogP contribution is 2.41. The summed E-state index contributed by atoms with van der Waals surface area (Å²) in [5, 5.41) is 1.10. The Morgan fingerprint density at radius 1 is 1.53 bits per heavy atom. The Morgan fingerprint density at radius 3 is 2.82 bits per heavy atom. The molecule has 5 heteroatoms. The van der Waals surface area contributed by atoms with Crippen LogP contribution in [0.25, 0.3) is 0 Å². The van der Waals surface area contributed by atoms with E-state index < -0.39 is 0 Å². The van der Waals surface area contributed by atoms with E-state index >= 15 is 0 Å². The van der Waals surface area contributed by atoms with Gasteiger partial charge in [-0.3, -0.25) is 4.79 Å². The fraction of sp³-hybridized carbons (Fsp3) is 0.417. The predicted molar refractivity (Wildman–Crippen MR) is 70.9 cm³/mol. The van der Waals surface area contributed by atoms with Gasteiger partial charge in [-0.05, 0) is 36.6 Å². The second-order valence-electron chi connectivity index (χ2n) is 4.22. The largest absolute Gasteiger partial charge is 0.330 e. The van der Waals surface area contributed by atoms with Crippen molar-refractivity contribution < 1.29 is 4.79 Å². The standard InChI is InChI=1S/C12H14Cl2N2O/c1-7(17)16-3-2-8(6-15)10-4-9(13)5-11(14)12(10)16/h4-5,8H,2-3,6,15H2,1H3. The highest BCUT2D eigenvalue weighted by Gasteiger charge is 2.28. The van der Waals surface area contributed by atoms with E-state index in [0.29, 0.717) is 23.1 Å². The monoisotopic (exact) mass is 272 g/mol. The molecule has 1 atom stereocenters. The molecule has 1 aromatic carbocycles. The van der Waals surface area contributed by atoms with Gasteiger partial charge in [0.15, 0.2) is 0 Å². The molecule has 0 saturated heterocycles. The SMILES string of the molecule is CC(=O)N1CCC(CN)c2cc(Cl)cc(Cl)c21. The topological polar surface area (TPSA) is 46.3 Å². The summed E-state index contributed by atoms with van der Waals surface area (Å²) in [6.45, 7) is 2.73. The minimum atomic E-state index is -0.00839. The van der Waals surface area contributed by atoms with Crippen molar-refractivity contribution in [2.24, 2.45) is 5.73 Å². The van der Waals surface area contributed by atoms with Crippen LogP contribution in [0.4, 0.5) is 5.69 Å². The Balaban J connectivity index is 2.59. The zero-order chi connectivity index (χ0) is 12.6. The summed E-state index contributed by atoms with van der Waals surface area (Å²) in [6, 6.07) is 3.52. The van der Waals surface area contributed by atoms with E-state index in [1.807, 2.05) is 6.07 Å². The van der Waals surface area contributed by atoms with Crippen LogP contribution in [-0.4, -0.2) is 19.0 Å². The van der Waals surface area contributed by atoms with Gasteiger partial charge in [0.1, 0.15) is 0 Å². The number of rotatable bonds is 1. The van der Waals surface area contributed by atoms with Crippen molar-refractivity contribution in [3.05, 3.63) is 27.7 Å². The molecule has 1 aliphatic rings. The third kappa shape index (κ3) is 2.28. The van der Waals surface area contributed by atoms with Gasteiger partial charge in [0.05, 0.1) is 10.7 Å². The number of anilines is 1. The first-order valence-electron chi connectivity index (χ1n) is 5.51. The molecule has 1 unspecified atom stereocenters. The number of carbonyl (C=O) groups is 1. The fourth-order valence-electron chi connectivity index (χ4n) is 2.29. The van der Waals surface area contributed by atoms with Gasteiger partial charge in [0, 0.05) is 18.5 Å². The number of nitrogens with zero attached hydrogens (tertiary/aromatic N) is 1. The van der Waals surface area contributed by atoms with E-state index in [1.165, 1.54) is 6.92 Å². The van der Waals surface area contributed by atoms with Crippen LogP contribution in [0, 0.1) is 0 Å². The molecule has 2 N–H and O–H groups in total. The lowest BCUT2D eigenvalue weighted by atomic mass is 9.90. The Morgan fingerprint density at radius 2 is 2.24 bits per heavy atom. The van der Waals surface area contributed by atoms with E-state index in [0.717, 1.165) is 17.7 Å². The predicted octanol–water partition coefficient (Wildman–Crippen LogP) is 2.79. The van der Waals surface area contributed by atoms with Crippen molar-refractivity contribution in [2.45, 2.75) is 19.3 Å². The molecule has 0 aliphatic carbocycles. The number of nitrogens with two attached hydrogens (primary N) is 1. The number of amides is 1. The second-order valence-corrected chi connectivity index (χ2v) is 5.06. The molecule has 0 saturated carbocycles. The average Bonchev–Trinajstić information content (AvgIpc) is 2.27. The zero-order valence-corrected chi connectivity index (χ0v) is 11.1. The highest BCUT2D eigenvalue weighted by molar-refractivity contribution is 6.37. The first kappa shape index (κ1) is 12.7. The van der Waals surface area contributed by atoms with E-state index in [1.54, 1.807) is 11.0 Å². The highest BCUT2D eigenvalue weighted by atomic mass is 35.5. The molecule has 1 amide bonds. The van der Waals surface area contributed by atoms with Crippen LogP contribution in [0.15, 0.2) is 12.1 Å². The summed E-state index contributed by atoms with van der Waals surface area (Å²) in [7, 11) is 0. The molecular weight excluding hydrogens is 259 g/mol. The van der Waals surface area contributed by atoms with Crippen molar-refractivity contribution in [2.75, 3.05) is 18.0 Å². The third-order valence-electron chi connectivity index (χ3n) is 3.13. The maximum absolute atomic E-state index is 11.6. The van der Waals surface area contributed by atoms with Crippen molar-refractivity contribution in [3.63, 3.8) is 0 Å². The van der Waals surface area contributed by atoms with E-state index in [2.05, 4.69) is 0 Å². The molecule has 0 aromatic heterocycles. The van der Waals surface area contributed by atoms with Gasteiger partial charge in [0.25, 0.3) is 0 Å². The molecule has 17 heavy (non-hydrogen) atoms. The van der Waals surface area contributed by atoms with Gasteiger partial charge in [-0.1, -0.05) is 23.2 Å². The molecule has 1 heterocycles. The van der Waals surface area contributed by atoms with E-state index in [4.69, 9.17) is 28.9 Å². The molecule has 1 aromatic rings. The van der Waals surface area contributed by atoms with E-state index in [-0.39, 0.29) is 11.8 Å². The molecular formula is C12H14Cl2N2O. The lowest BCUT2D eigenvalue weighted by Gasteiger charge is -2.34. The molecule has 0 spiro atoms. The Bertz CT molecular complexity index is 462. The lowest BCUT2D eigenvalue weighted by molar-refractivity contribution is -0.116. The number of hydrogen-bond acceptors (Lipinski definition) is 2. The van der Waals surface area contributed by atoms with Crippen LogP contribution >= 0.6 is 23.2 Å². The lowest BCUT2D eigenvalue weighted by Crippen LogP contribution is -2.36. The van der Waals surface area contributed by atoms with Gasteiger partial charge >= 0.3 is 0 Å². The zero-order valence-electron chi connectivity index (χ0n) is 9.54. The fourth-order valence-corrected chi connectivity index (χ4v) is 2.90. The number of halogens is 2. The van der Waals surface area contributed by atoms with Crippen molar-refractivity contribution in [1.82, 2.24) is 0 Å². The molecule has 0 bridgehead atoms. The van der Waals surface area contributed by atoms with Gasteiger partial charge in [0.2, 0.25) is 5.91 Å². The number of benzene rings is 1. The molecule has 0 radical (unpaired) electrons. The summed E-state index contributed by atoms with van der Waals surface area (Å²) in [6.07, 6.45) is 0.847. The van der Waals surface area contributed by atoms with Gasteiger partial charge in [-0.2, -0.15) is 0 Å². The molecule has 1 aliphatic heterocycles. The summed E-state index contributed by atoms with van der Waals surface area (Å²) in [5.41, 5.74) is 7.50. The number of hydrogen-bond donors (Lipinski definition) is 1. The van der Waals surface area contributed by atoms with E-state index in [9.17, 15) is 4.79 Å². The molecule has 92 valence electrons. The smallest absolute Gasteiger partial charge is 0.223 e. The Kier molecular flexibility index (Phi) is 3.61. The maximum atomic E-state index is 11.6. The third-order valence-corrected chi connectivity index (χ3v) is 3.64. The van der Waals surface area contributed by atoms with Crippen molar-refractivity contribution >= 4 is 34.8 Å². The second kappa shape index (κ2) is 4.84. The van der Waals surface area contributed by atoms with Gasteiger partial charge in [-0.15, -0.1) is 0 Å². The summed E-state index contributed by atoms with van der Waals surface area (Å²) >= 11 is 12.2. The minimum Gasteiger partial charge on any atom is -0.330 e. The summed E-state index contributed by atoms with van der Waals surface area (Å²) in [4.78, 5) is 13.3.